The first-order chi connectivity index (χ1) is 23.2. The van der Waals surface area contributed by atoms with Gasteiger partial charge in [-0.3, -0.25) is 0 Å². The minimum atomic E-state index is -1.08. The molecule has 0 aliphatic carbocycles. The van der Waals surface area contributed by atoms with Gasteiger partial charge in [0, 0.05) is 23.4 Å². The van der Waals surface area contributed by atoms with E-state index < -0.39 is 42.9 Å². The quantitative estimate of drug-likeness (QED) is 0.111. The zero-order valence-electron chi connectivity index (χ0n) is 26.0. The molecule has 0 unspecified atom stereocenters. The van der Waals surface area contributed by atoms with Gasteiger partial charge in [0.1, 0.15) is 36.6 Å². The van der Waals surface area contributed by atoms with Crippen molar-refractivity contribution in [3.05, 3.63) is 129 Å². The number of nitrogens with zero attached hydrogens (tertiary/aromatic N) is 6. The molecule has 2 bridgehead atoms. The lowest BCUT2D eigenvalue weighted by molar-refractivity contribution is -0.296. The third-order valence-corrected chi connectivity index (χ3v) is 8.75. The molecule has 0 N–H and O–H groups in total. The number of methoxy groups -OCH3 is 1. The van der Waals surface area contributed by atoms with Gasteiger partial charge in [-0.1, -0.05) is 101 Å². The highest BCUT2D eigenvalue weighted by Gasteiger charge is 2.58. The molecule has 3 heterocycles. The average Bonchev–Trinajstić information content (AvgIpc) is 3.69. The van der Waals surface area contributed by atoms with Crippen molar-refractivity contribution in [3.63, 3.8) is 0 Å². The van der Waals surface area contributed by atoms with E-state index in [-0.39, 0.29) is 38.1 Å². The third-order valence-electron chi connectivity index (χ3n) is 8.75. The smallest absolute Gasteiger partial charge is 0.169 e. The minimum absolute atomic E-state index is 0.0586. The predicted molar refractivity (Wildman–Crippen MR) is 170 cm³/mol. The Morgan fingerprint density at radius 1 is 0.702 bits per heavy atom. The Bertz CT molecular complexity index is 1510. The number of ether oxygens (including phenoxy) is 7. The summed E-state index contributed by atoms with van der Waals surface area (Å²) in [4.78, 5) is 6.13. The van der Waals surface area contributed by atoms with Gasteiger partial charge in [-0.15, -0.1) is 0 Å². The van der Waals surface area contributed by atoms with Crippen molar-refractivity contribution in [3.8, 4) is 0 Å². The van der Waals surface area contributed by atoms with Gasteiger partial charge >= 0.3 is 0 Å². The van der Waals surface area contributed by atoms with E-state index in [4.69, 9.17) is 33.2 Å². The zero-order valence-corrected chi connectivity index (χ0v) is 26.0. The van der Waals surface area contributed by atoms with Crippen LogP contribution >= 0.6 is 0 Å². The zero-order chi connectivity index (χ0) is 32.4. The molecule has 3 aromatic carbocycles. The molecule has 0 saturated carbocycles. The standard InChI is InChI=1S/C34H38N6O7/c1-41-25-17-26-31(33(30(25)45-26)44-21-24-15-9-4-10-16-24)47-34-28(38-40-36)32(43-20-23-13-7-3-8-14-23)29(27(46-34)18-37-39-35)42-19-22-11-5-2-6-12-22/h2-16,25-34H,17-21H2,1H3/t25-,26+,27+,28+,29+,30-,31+,32+,33+,34+/m0/s1. The second-order valence-electron chi connectivity index (χ2n) is 11.7. The monoisotopic (exact) mass is 642 g/mol. The summed E-state index contributed by atoms with van der Waals surface area (Å²) in [7, 11) is 1.66. The number of fused-ring (bicyclic) bond motifs is 2. The molecule has 3 fully saturated rings. The van der Waals surface area contributed by atoms with Gasteiger partial charge in [0.2, 0.25) is 0 Å². The molecule has 6 rings (SSSR count). The molecule has 3 aliphatic heterocycles. The highest BCUT2D eigenvalue weighted by Crippen LogP contribution is 2.42. The molecule has 0 amide bonds. The molecule has 13 nitrogen and oxygen atoms in total. The van der Waals surface area contributed by atoms with E-state index >= 15 is 0 Å². The third kappa shape index (κ3) is 7.94. The van der Waals surface area contributed by atoms with Crippen molar-refractivity contribution < 1.29 is 33.2 Å². The molecule has 47 heavy (non-hydrogen) atoms. The summed E-state index contributed by atoms with van der Waals surface area (Å²) in [5.41, 5.74) is 21.8. The van der Waals surface area contributed by atoms with E-state index in [0.717, 1.165) is 16.7 Å². The van der Waals surface area contributed by atoms with Crippen LogP contribution in [0.2, 0.25) is 0 Å². The first kappa shape index (κ1) is 32.9. The van der Waals surface area contributed by atoms with Crippen molar-refractivity contribution in [1.82, 2.24) is 0 Å². The van der Waals surface area contributed by atoms with Crippen LogP contribution in [0, 0.1) is 0 Å². The van der Waals surface area contributed by atoms with Crippen molar-refractivity contribution in [2.75, 3.05) is 13.7 Å². The van der Waals surface area contributed by atoms with Crippen molar-refractivity contribution in [1.29, 1.82) is 0 Å². The SMILES string of the molecule is CO[C@H]1C[C@H]2O[C@@H]1[C@@H](OCc1ccccc1)[C@@H]2O[C@H]1O[C@H](CN=[N+]=[N-])[C@@H](OCc2ccccc2)[C@H](OCc2ccccc2)[C@H]1N=[N+]=[N-]. The van der Waals surface area contributed by atoms with Crippen LogP contribution in [-0.2, 0) is 53.0 Å². The van der Waals surface area contributed by atoms with Crippen LogP contribution in [-0.4, -0.2) is 74.8 Å². The summed E-state index contributed by atoms with van der Waals surface area (Å²) in [6.45, 7) is 0.731. The van der Waals surface area contributed by atoms with E-state index in [1.807, 2.05) is 91.0 Å². The van der Waals surface area contributed by atoms with Crippen molar-refractivity contribution in [2.45, 2.75) is 87.4 Å². The summed E-state index contributed by atoms with van der Waals surface area (Å²) >= 11 is 0. The lowest BCUT2D eigenvalue weighted by Gasteiger charge is -2.46. The van der Waals surface area contributed by atoms with E-state index in [1.54, 1.807) is 7.11 Å². The second kappa shape index (κ2) is 16.2. The van der Waals surface area contributed by atoms with Gasteiger partial charge in [0.15, 0.2) is 6.29 Å². The summed E-state index contributed by atoms with van der Waals surface area (Å²) in [5.74, 6) is 0. The molecule has 0 radical (unpaired) electrons. The van der Waals surface area contributed by atoms with Crippen molar-refractivity contribution >= 4 is 0 Å². The van der Waals surface area contributed by atoms with Gasteiger partial charge < -0.3 is 33.2 Å². The highest BCUT2D eigenvalue weighted by atomic mass is 16.7. The van der Waals surface area contributed by atoms with Crippen LogP contribution in [0.1, 0.15) is 23.1 Å². The molecule has 0 spiro atoms. The molecule has 3 saturated heterocycles. The molecular formula is C34H38N6O7. The predicted octanol–water partition coefficient (Wildman–Crippen LogP) is 6.03. The maximum absolute atomic E-state index is 9.75. The first-order valence-electron chi connectivity index (χ1n) is 15.7. The lowest BCUT2D eigenvalue weighted by atomic mass is 9.91. The Balaban J connectivity index is 1.28. The minimum Gasteiger partial charge on any atom is -0.379 e. The van der Waals surface area contributed by atoms with Crippen LogP contribution in [0.15, 0.2) is 101 Å². The summed E-state index contributed by atoms with van der Waals surface area (Å²) in [5, 5.41) is 7.97. The fourth-order valence-corrected chi connectivity index (χ4v) is 6.49. The van der Waals surface area contributed by atoms with E-state index in [2.05, 4.69) is 20.1 Å². The van der Waals surface area contributed by atoms with Crippen LogP contribution in [0.3, 0.4) is 0 Å². The number of benzene rings is 3. The maximum atomic E-state index is 9.75. The summed E-state index contributed by atoms with van der Waals surface area (Å²) in [6.07, 6.45) is -4.74. The number of rotatable bonds is 15. The molecule has 0 aromatic heterocycles. The average molecular weight is 643 g/mol. The lowest BCUT2D eigenvalue weighted by Crippen LogP contribution is -2.61. The normalized spacial score (nSPS) is 31.2. The molecule has 3 aliphatic rings. The Labute approximate surface area is 272 Å². The summed E-state index contributed by atoms with van der Waals surface area (Å²) in [6, 6.07) is 28.2. The summed E-state index contributed by atoms with van der Waals surface area (Å²) < 4.78 is 44.5. The fourth-order valence-electron chi connectivity index (χ4n) is 6.49. The Morgan fingerprint density at radius 2 is 1.26 bits per heavy atom. The molecular weight excluding hydrogens is 604 g/mol. The van der Waals surface area contributed by atoms with Gasteiger partial charge in [0.05, 0.1) is 44.7 Å². The Kier molecular flexibility index (Phi) is 11.4. The van der Waals surface area contributed by atoms with Crippen molar-refractivity contribution in [2.24, 2.45) is 10.2 Å². The molecule has 13 heteroatoms. The fraction of sp³-hybridized carbons (Fsp3) is 0.471. The van der Waals surface area contributed by atoms with Crippen LogP contribution < -0.4 is 0 Å². The highest BCUT2D eigenvalue weighted by molar-refractivity contribution is 5.16. The largest absolute Gasteiger partial charge is 0.379 e. The maximum Gasteiger partial charge on any atom is 0.169 e. The molecule has 3 aromatic rings. The number of hydrogen-bond acceptors (Lipinski definition) is 9. The Morgan fingerprint density at radius 3 is 1.79 bits per heavy atom. The second-order valence-corrected chi connectivity index (χ2v) is 11.7. The van der Waals surface area contributed by atoms with Gasteiger partial charge in [-0.25, -0.2) is 0 Å². The van der Waals surface area contributed by atoms with Gasteiger partial charge in [-0.05, 0) is 27.8 Å². The van der Waals surface area contributed by atoms with E-state index in [9.17, 15) is 11.1 Å². The van der Waals surface area contributed by atoms with Crippen LogP contribution in [0.5, 0.6) is 0 Å². The molecule has 10 atom stereocenters. The first-order valence-corrected chi connectivity index (χ1v) is 15.7. The number of azide groups is 2. The van der Waals surface area contributed by atoms with E-state index in [0.29, 0.717) is 13.0 Å². The van der Waals surface area contributed by atoms with Gasteiger partial charge in [0.25, 0.3) is 0 Å². The Hall–Kier alpha value is -4.00. The number of hydrogen-bond donors (Lipinski definition) is 0. The van der Waals surface area contributed by atoms with Crippen LogP contribution in [0.4, 0.5) is 0 Å². The van der Waals surface area contributed by atoms with Gasteiger partial charge in [-0.2, -0.15) is 0 Å². The molecule has 246 valence electrons. The van der Waals surface area contributed by atoms with E-state index in [1.165, 1.54) is 0 Å². The topological polar surface area (TPSA) is 162 Å². The van der Waals surface area contributed by atoms with Crippen LogP contribution in [0.25, 0.3) is 20.9 Å².